The van der Waals surface area contributed by atoms with Crippen molar-refractivity contribution in [3.05, 3.63) is 0 Å². The number of halogens is 1. The summed E-state index contributed by atoms with van der Waals surface area (Å²) < 4.78 is 0. The van der Waals surface area contributed by atoms with Gasteiger partial charge in [-0.1, -0.05) is 19.3 Å². The van der Waals surface area contributed by atoms with Gasteiger partial charge >= 0.3 is 0 Å². The minimum atomic E-state index is -0.0660. The normalized spacial score (nSPS) is 15.4. The summed E-state index contributed by atoms with van der Waals surface area (Å²) in [4.78, 5) is 30.7. The molecule has 0 aromatic heterocycles. The van der Waals surface area contributed by atoms with Crippen molar-refractivity contribution in [3.8, 4) is 0 Å². The van der Waals surface area contributed by atoms with Crippen LogP contribution in [0.5, 0.6) is 0 Å². The summed E-state index contributed by atoms with van der Waals surface area (Å²) in [6.07, 6.45) is 5.89. The molecular formula is C15H30IN5O2. The third-order valence-electron chi connectivity index (χ3n) is 3.72. The highest BCUT2D eigenvalue weighted by Gasteiger charge is 2.16. The highest BCUT2D eigenvalue weighted by molar-refractivity contribution is 14.0. The number of hydrogen-bond acceptors (Lipinski definition) is 3. The number of guanidine groups is 1. The highest BCUT2D eigenvalue weighted by atomic mass is 127. The standard InChI is InChI=1S/C15H29N5O2.HI/c1-19(2)13(21)10-16-15(17-11-14(22)20(3)4)18-12-8-6-5-7-9-12;/h12H,5-11H2,1-4H3,(H2,16,17,18);1H. The van der Waals surface area contributed by atoms with Gasteiger partial charge in [0.25, 0.3) is 0 Å². The largest absolute Gasteiger partial charge is 0.354 e. The predicted octanol–water partition coefficient (Wildman–Crippen LogP) is 0.649. The molecular weight excluding hydrogens is 409 g/mol. The SMILES string of the molecule is CN(C)C(=O)CN=C(NCC(=O)N(C)C)NC1CCCCC1.I. The third-order valence-corrected chi connectivity index (χ3v) is 3.72. The Balaban J connectivity index is 0.00000484. The Bertz CT molecular complexity index is 407. The molecule has 0 aromatic rings. The smallest absolute Gasteiger partial charge is 0.243 e. The predicted molar refractivity (Wildman–Crippen MR) is 103 cm³/mol. The van der Waals surface area contributed by atoms with Gasteiger partial charge in [0, 0.05) is 34.2 Å². The first-order chi connectivity index (χ1) is 10.4. The van der Waals surface area contributed by atoms with Crippen molar-refractivity contribution in [2.75, 3.05) is 41.3 Å². The summed E-state index contributed by atoms with van der Waals surface area (Å²) >= 11 is 0. The average molecular weight is 439 g/mol. The number of carbonyl (C=O) groups excluding carboxylic acids is 2. The number of rotatable bonds is 5. The van der Waals surface area contributed by atoms with E-state index in [0.29, 0.717) is 12.0 Å². The summed E-state index contributed by atoms with van der Waals surface area (Å²) in [5.74, 6) is 0.443. The van der Waals surface area contributed by atoms with E-state index >= 15 is 0 Å². The second-order valence-electron chi connectivity index (χ2n) is 6.07. The molecule has 0 aromatic carbocycles. The monoisotopic (exact) mass is 439 g/mol. The van der Waals surface area contributed by atoms with Crippen LogP contribution in [0.15, 0.2) is 4.99 Å². The van der Waals surface area contributed by atoms with Crippen molar-refractivity contribution in [1.29, 1.82) is 0 Å². The van der Waals surface area contributed by atoms with Crippen molar-refractivity contribution in [2.24, 2.45) is 4.99 Å². The lowest BCUT2D eigenvalue weighted by atomic mass is 9.96. The van der Waals surface area contributed by atoms with Gasteiger partial charge in [0.2, 0.25) is 11.8 Å². The van der Waals surface area contributed by atoms with Gasteiger partial charge in [0.1, 0.15) is 6.54 Å². The Kier molecular flexibility index (Phi) is 10.9. The molecule has 23 heavy (non-hydrogen) atoms. The summed E-state index contributed by atoms with van der Waals surface area (Å²) in [6, 6.07) is 0.365. The second-order valence-corrected chi connectivity index (χ2v) is 6.07. The van der Waals surface area contributed by atoms with E-state index in [0.717, 1.165) is 12.8 Å². The zero-order valence-corrected chi connectivity index (χ0v) is 16.9. The van der Waals surface area contributed by atoms with Crippen LogP contribution in [0, 0.1) is 0 Å². The van der Waals surface area contributed by atoms with Crippen LogP contribution < -0.4 is 10.6 Å². The molecule has 0 radical (unpaired) electrons. The molecule has 0 heterocycles. The molecule has 1 aliphatic carbocycles. The van der Waals surface area contributed by atoms with Gasteiger partial charge in [-0.2, -0.15) is 0 Å². The quantitative estimate of drug-likeness (QED) is 0.375. The molecule has 1 rings (SSSR count). The van der Waals surface area contributed by atoms with E-state index in [4.69, 9.17) is 0 Å². The van der Waals surface area contributed by atoms with Gasteiger partial charge in [0.05, 0.1) is 6.54 Å². The highest BCUT2D eigenvalue weighted by Crippen LogP contribution is 2.17. The zero-order chi connectivity index (χ0) is 16.5. The number of amides is 2. The third kappa shape index (κ3) is 8.97. The number of nitrogens with zero attached hydrogens (tertiary/aromatic N) is 3. The van der Waals surface area contributed by atoms with Crippen LogP contribution in [0.2, 0.25) is 0 Å². The summed E-state index contributed by atoms with van der Waals surface area (Å²) in [5.41, 5.74) is 0. The Labute approximate surface area is 156 Å². The lowest BCUT2D eigenvalue weighted by Gasteiger charge is -2.25. The van der Waals surface area contributed by atoms with Crippen LogP contribution >= 0.6 is 24.0 Å². The summed E-state index contributed by atoms with van der Waals surface area (Å²) in [6.45, 7) is 0.243. The molecule has 1 saturated carbocycles. The molecule has 134 valence electrons. The molecule has 0 aliphatic heterocycles. The molecule has 0 atom stereocenters. The van der Waals surface area contributed by atoms with E-state index in [1.54, 1.807) is 28.2 Å². The Morgan fingerprint density at radius 1 is 1.00 bits per heavy atom. The fourth-order valence-corrected chi connectivity index (χ4v) is 2.20. The fourth-order valence-electron chi connectivity index (χ4n) is 2.20. The lowest BCUT2D eigenvalue weighted by molar-refractivity contribution is -0.127. The van der Waals surface area contributed by atoms with E-state index in [2.05, 4.69) is 15.6 Å². The minimum Gasteiger partial charge on any atom is -0.354 e. The first-order valence-corrected chi connectivity index (χ1v) is 7.85. The van der Waals surface area contributed by atoms with E-state index in [-0.39, 0.29) is 48.9 Å². The Morgan fingerprint density at radius 3 is 2.09 bits per heavy atom. The van der Waals surface area contributed by atoms with Gasteiger partial charge in [-0.25, -0.2) is 4.99 Å². The van der Waals surface area contributed by atoms with Crippen molar-refractivity contribution in [2.45, 2.75) is 38.1 Å². The molecule has 1 fully saturated rings. The zero-order valence-electron chi connectivity index (χ0n) is 14.6. The van der Waals surface area contributed by atoms with Crippen LogP contribution in [0.1, 0.15) is 32.1 Å². The lowest BCUT2D eigenvalue weighted by Crippen LogP contribution is -2.47. The van der Waals surface area contributed by atoms with E-state index in [9.17, 15) is 9.59 Å². The second kappa shape index (κ2) is 11.5. The van der Waals surface area contributed by atoms with Crippen molar-refractivity contribution >= 4 is 41.8 Å². The number of aliphatic imine (C=N–C) groups is 1. The van der Waals surface area contributed by atoms with Gasteiger partial charge in [-0.3, -0.25) is 9.59 Å². The number of nitrogens with one attached hydrogen (secondary N) is 2. The minimum absolute atomic E-state index is 0. The van der Waals surface area contributed by atoms with Gasteiger partial charge in [-0.05, 0) is 12.8 Å². The maximum atomic E-state index is 11.7. The van der Waals surface area contributed by atoms with E-state index in [1.807, 2.05) is 0 Å². The van der Waals surface area contributed by atoms with Crippen molar-refractivity contribution in [3.63, 3.8) is 0 Å². The molecule has 8 heteroatoms. The molecule has 2 N–H and O–H groups in total. The van der Waals surface area contributed by atoms with Gasteiger partial charge in [0.15, 0.2) is 5.96 Å². The summed E-state index contributed by atoms with van der Waals surface area (Å²) in [7, 11) is 6.83. The fraction of sp³-hybridized carbons (Fsp3) is 0.800. The first kappa shape index (κ1) is 21.9. The Morgan fingerprint density at radius 2 is 1.57 bits per heavy atom. The van der Waals surface area contributed by atoms with Gasteiger partial charge in [-0.15, -0.1) is 24.0 Å². The van der Waals surface area contributed by atoms with Crippen LogP contribution in [0.25, 0.3) is 0 Å². The molecule has 0 bridgehead atoms. The molecule has 0 saturated heterocycles. The molecule has 0 spiro atoms. The van der Waals surface area contributed by atoms with Crippen LogP contribution in [-0.2, 0) is 9.59 Å². The van der Waals surface area contributed by atoms with Crippen LogP contribution in [0.4, 0.5) is 0 Å². The van der Waals surface area contributed by atoms with Crippen LogP contribution in [0.3, 0.4) is 0 Å². The maximum absolute atomic E-state index is 11.7. The molecule has 2 amide bonds. The van der Waals surface area contributed by atoms with Crippen molar-refractivity contribution in [1.82, 2.24) is 20.4 Å². The number of likely N-dealkylation sites (N-methyl/N-ethyl adjacent to an activating group) is 2. The number of hydrogen-bond donors (Lipinski definition) is 2. The molecule has 0 unspecified atom stereocenters. The van der Waals surface area contributed by atoms with E-state index in [1.165, 1.54) is 29.1 Å². The Hall–Kier alpha value is -1.06. The topological polar surface area (TPSA) is 77.0 Å². The maximum Gasteiger partial charge on any atom is 0.243 e. The first-order valence-electron chi connectivity index (χ1n) is 7.85. The summed E-state index contributed by atoms with van der Waals surface area (Å²) in [5, 5.41) is 6.36. The molecule has 1 aliphatic rings. The van der Waals surface area contributed by atoms with Crippen molar-refractivity contribution < 1.29 is 9.59 Å². The van der Waals surface area contributed by atoms with Gasteiger partial charge < -0.3 is 20.4 Å². The number of carbonyl (C=O) groups is 2. The molecule has 7 nitrogen and oxygen atoms in total. The van der Waals surface area contributed by atoms with E-state index < -0.39 is 0 Å². The van der Waals surface area contributed by atoms with Crippen LogP contribution in [-0.4, -0.2) is 74.9 Å². The average Bonchev–Trinajstić information content (AvgIpc) is 2.49.